The average molecular weight is 203 g/mol. The molecule has 15 heavy (non-hydrogen) atoms. The number of hydrogen-bond acceptors (Lipinski definition) is 2. The highest BCUT2D eigenvalue weighted by atomic mass is 16.5. The zero-order valence-electron chi connectivity index (χ0n) is 9.31. The summed E-state index contributed by atoms with van der Waals surface area (Å²) in [6, 6.07) is 10.1. The van der Waals surface area contributed by atoms with Gasteiger partial charge in [-0.2, -0.15) is 0 Å². The normalized spacial score (nSPS) is 12.3. The summed E-state index contributed by atoms with van der Waals surface area (Å²) in [6.07, 6.45) is 3.93. The molecule has 80 valence electrons. The molecule has 0 amide bonds. The molecule has 0 saturated carbocycles. The molecule has 1 rings (SSSR count). The fourth-order valence-electron chi connectivity index (χ4n) is 1.18. The lowest BCUT2D eigenvalue weighted by atomic mass is 10.2. The summed E-state index contributed by atoms with van der Waals surface area (Å²) in [5, 5.41) is 0. The van der Waals surface area contributed by atoms with Crippen LogP contribution in [0.2, 0.25) is 0 Å². The van der Waals surface area contributed by atoms with E-state index in [0.29, 0.717) is 13.3 Å². The third-order valence-electron chi connectivity index (χ3n) is 1.92. The van der Waals surface area contributed by atoms with Crippen LogP contribution in [0.4, 0.5) is 0 Å². The topological polar surface area (TPSA) is 21.6 Å². The van der Waals surface area contributed by atoms with Crippen LogP contribution in [0.5, 0.6) is 0 Å². The molecule has 0 heterocycles. The van der Waals surface area contributed by atoms with Crippen molar-refractivity contribution in [3.05, 3.63) is 48.0 Å². The summed E-state index contributed by atoms with van der Waals surface area (Å²) in [5.41, 5.74) is 2.17. The Labute approximate surface area is 91.3 Å². The Hall–Kier alpha value is -1.41. The van der Waals surface area contributed by atoms with Gasteiger partial charge in [-0.15, -0.1) is 0 Å². The minimum Gasteiger partial charge on any atom is -0.355 e. The van der Waals surface area contributed by atoms with Gasteiger partial charge >= 0.3 is 0 Å². The van der Waals surface area contributed by atoms with Crippen LogP contribution in [0.15, 0.2) is 47.5 Å². The van der Waals surface area contributed by atoms with E-state index < -0.39 is 0 Å². The first-order valence-corrected chi connectivity index (χ1v) is 5.08. The van der Waals surface area contributed by atoms with Gasteiger partial charge in [-0.25, -0.2) is 0 Å². The van der Waals surface area contributed by atoms with Crippen LogP contribution in [0.1, 0.15) is 19.4 Å². The van der Waals surface area contributed by atoms with Gasteiger partial charge in [0.05, 0.1) is 6.61 Å². The van der Waals surface area contributed by atoms with E-state index in [1.54, 1.807) is 0 Å². The van der Waals surface area contributed by atoms with Gasteiger partial charge in [0.1, 0.15) is 6.73 Å². The van der Waals surface area contributed by atoms with Gasteiger partial charge in [-0.3, -0.25) is 4.99 Å². The Morgan fingerprint density at radius 3 is 2.73 bits per heavy atom. The monoisotopic (exact) mass is 203 g/mol. The van der Waals surface area contributed by atoms with Crippen molar-refractivity contribution >= 4 is 5.71 Å². The highest BCUT2D eigenvalue weighted by molar-refractivity contribution is 5.92. The number of ether oxygens (including phenoxy) is 1. The summed E-state index contributed by atoms with van der Waals surface area (Å²) in [4.78, 5) is 4.24. The predicted molar refractivity (Wildman–Crippen MR) is 64.0 cm³/mol. The van der Waals surface area contributed by atoms with Crippen LogP contribution in [0, 0.1) is 0 Å². The maximum atomic E-state index is 5.42. The van der Waals surface area contributed by atoms with Crippen molar-refractivity contribution in [2.45, 2.75) is 20.5 Å². The lowest BCUT2D eigenvalue weighted by Gasteiger charge is -2.01. The molecular weight excluding hydrogens is 186 g/mol. The fraction of sp³-hybridized carbons (Fsp3) is 0.308. The van der Waals surface area contributed by atoms with Crippen LogP contribution < -0.4 is 0 Å². The van der Waals surface area contributed by atoms with Crippen molar-refractivity contribution in [3.63, 3.8) is 0 Å². The number of allylic oxidation sites excluding steroid dienone is 2. The Morgan fingerprint density at radius 1 is 1.33 bits per heavy atom. The summed E-state index contributed by atoms with van der Waals surface area (Å²) < 4.78 is 5.42. The second-order valence-electron chi connectivity index (χ2n) is 3.26. The van der Waals surface area contributed by atoms with E-state index in [4.69, 9.17) is 4.74 Å². The number of rotatable bonds is 5. The van der Waals surface area contributed by atoms with Crippen molar-refractivity contribution < 1.29 is 4.74 Å². The van der Waals surface area contributed by atoms with Crippen LogP contribution in [-0.2, 0) is 11.3 Å². The van der Waals surface area contributed by atoms with Crippen LogP contribution in [0.25, 0.3) is 0 Å². The van der Waals surface area contributed by atoms with Crippen LogP contribution in [0.3, 0.4) is 0 Å². The summed E-state index contributed by atoms with van der Waals surface area (Å²) in [5.74, 6) is 0. The zero-order valence-corrected chi connectivity index (χ0v) is 9.31. The smallest absolute Gasteiger partial charge is 0.138 e. The van der Waals surface area contributed by atoms with Crippen molar-refractivity contribution in [1.82, 2.24) is 0 Å². The molecule has 2 nitrogen and oxygen atoms in total. The SMILES string of the molecule is C/C=C\C(C)=NCOCc1ccccc1. The zero-order chi connectivity index (χ0) is 10.9. The van der Waals surface area contributed by atoms with Gasteiger partial charge in [0.15, 0.2) is 0 Å². The highest BCUT2D eigenvalue weighted by Gasteiger charge is 1.89. The number of benzene rings is 1. The van der Waals surface area contributed by atoms with E-state index >= 15 is 0 Å². The Balaban J connectivity index is 2.25. The van der Waals surface area contributed by atoms with E-state index in [2.05, 4.69) is 4.99 Å². The van der Waals surface area contributed by atoms with E-state index in [-0.39, 0.29) is 0 Å². The highest BCUT2D eigenvalue weighted by Crippen LogP contribution is 2.00. The molecule has 0 atom stereocenters. The summed E-state index contributed by atoms with van der Waals surface area (Å²) >= 11 is 0. The van der Waals surface area contributed by atoms with E-state index in [1.807, 2.05) is 56.3 Å². The molecule has 1 aromatic carbocycles. The van der Waals surface area contributed by atoms with Gasteiger partial charge in [0.25, 0.3) is 0 Å². The molecule has 0 fully saturated rings. The largest absolute Gasteiger partial charge is 0.355 e. The molecule has 0 aromatic heterocycles. The number of hydrogen-bond donors (Lipinski definition) is 0. The van der Waals surface area contributed by atoms with Gasteiger partial charge in [-0.1, -0.05) is 36.4 Å². The lowest BCUT2D eigenvalue weighted by molar-refractivity contribution is 0.129. The Bertz CT molecular complexity index is 328. The van der Waals surface area contributed by atoms with Crippen LogP contribution >= 0.6 is 0 Å². The molecule has 0 radical (unpaired) electrons. The molecule has 0 aliphatic rings. The first-order chi connectivity index (χ1) is 7.33. The van der Waals surface area contributed by atoms with Crippen LogP contribution in [-0.4, -0.2) is 12.4 Å². The van der Waals surface area contributed by atoms with E-state index in [9.17, 15) is 0 Å². The number of nitrogens with zero attached hydrogens (tertiary/aromatic N) is 1. The van der Waals surface area contributed by atoms with Gasteiger partial charge < -0.3 is 4.74 Å². The minimum atomic E-state index is 0.422. The molecule has 1 aromatic rings. The molecule has 0 saturated heterocycles. The van der Waals surface area contributed by atoms with Gasteiger partial charge in [0.2, 0.25) is 0 Å². The Morgan fingerprint density at radius 2 is 2.07 bits per heavy atom. The predicted octanol–water partition coefficient (Wildman–Crippen LogP) is 3.20. The van der Waals surface area contributed by atoms with Gasteiger partial charge in [-0.05, 0) is 25.5 Å². The number of aliphatic imine (C=N–C) groups is 1. The minimum absolute atomic E-state index is 0.422. The molecule has 0 aliphatic heterocycles. The summed E-state index contributed by atoms with van der Waals surface area (Å²) in [6.45, 7) is 4.98. The van der Waals surface area contributed by atoms with Gasteiger partial charge in [0, 0.05) is 5.71 Å². The molecule has 2 heteroatoms. The summed E-state index contributed by atoms with van der Waals surface area (Å²) in [7, 11) is 0. The quantitative estimate of drug-likeness (QED) is 0.532. The molecule has 0 aliphatic carbocycles. The lowest BCUT2D eigenvalue weighted by Crippen LogP contribution is -1.95. The van der Waals surface area contributed by atoms with Crippen molar-refractivity contribution in [2.24, 2.45) is 4.99 Å². The maximum absolute atomic E-state index is 5.42. The second-order valence-corrected chi connectivity index (χ2v) is 3.26. The standard InChI is InChI=1S/C13H17NO/c1-3-7-12(2)14-11-15-10-13-8-5-4-6-9-13/h3-9H,10-11H2,1-2H3/b7-3-,14-12?. The molecular formula is C13H17NO. The molecule has 0 spiro atoms. The van der Waals surface area contributed by atoms with Crippen molar-refractivity contribution in [3.8, 4) is 0 Å². The molecule has 0 bridgehead atoms. The first-order valence-electron chi connectivity index (χ1n) is 5.08. The maximum Gasteiger partial charge on any atom is 0.138 e. The average Bonchev–Trinajstić information content (AvgIpc) is 2.26. The first kappa shape index (κ1) is 11.7. The Kier molecular flexibility index (Phi) is 5.41. The molecule has 0 unspecified atom stereocenters. The van der Waals surface area contributed by atoms with E-state index in [0.717, 1.165) is 5.71 Å². The molecule has 0 N–H and O–H groups in total. The third kappa shape index (κ3) is 5.13. The third-order valence-corrected chi connectivity index (χ3v) is 1.92. The van der Waals surface area contributed by atoms with Crippen molar-refractivity contribution in [1.29, 1.82) is 0 Å². The fourth-order valence-corrected chi connectivity index (χ4v) is 1.18. The second kappa shape index (κ2) is 6.96. The van der Waals surface area contributed by atoms with Crippen molar-refractivity contribution in [2.75, 3.05) is 6.73 Å². The van der Waals surface area contributed by atoms with E-state index in [1.165, 1.54) is 5.56 Å².